The lowest BCUT2D eigenvalue weighted by atomic mass is 9.94. The number of carbonyl (C=O) groups excluding carboxylic acids is 1. The van der Waals surface area contributed by atoms with Gasteiger partial charge in [-0.15, -0.1) is 30.1 Å². The molecule has 2 atom stereocenters. The Bertz CT molecular complexity index is 628. The smallest absolute Gasteiger partial charge is 0.316 e. The molecule has 1 aromatic rings. The van der Waals surface area contributed by atoms with Crippen molar-refractivity contribution in [1.82, 2.24) is 0 Å². The summed E-state index contributed by atoms with van der Waals surface area (Å²) in [4.78, 5) is 13.4. The van der Waals surface area contributed by atoms with Gasteiger partial charge >= 0.3 is 5.97 Å². The number of esters is 1. The van der Waals surface area contributed by atoms with E-state index in [2.05, 4.69) is 11.8 Å². The van der Waals surface area contributed by atoms with Crippen LogP contribution in [0.25, 0.3) is 0 Å². The molecule has 0 aliphatic carbocycles. The zero-order valence-electron chi connectivity index (χ0n) is 12.9. The van der Waals surface area contributed by atoms with E-state index in [1.165, 1.54) is 11.3 Å². The molecule has 0 saturated heterocycles. The van der Waals surface area contributed by atoms with Crippen LogP contribution in [-0.4, -0.2) is 12.1 Å². The largest absolute Gasteiger partial charge is 0.444 e. The maximum atomic E-state index is 12.5. The van der Waals surface area contributed by atoms with Crippen molar-refractivity contribution in [3.8, 4) is 24.7 Å². The lowest BCUT2D eigenvalue weighted by Gasteiger charge is -2.21. The summed E-state index contributed by atoms with van der Waals surface area (Å²) in [6, 6.07) is 3.63. The fourth-order valence-corrected chi connectivity index (χ4v) is 3.31. The van der Waals surface area contributed by atoms with Gasteiger partial charge < -0.3 is 4.74 Å². The van der Waals surface area contributed by atoms with Gasteiger partial charge in [0.15, 0.2) is 6.10 Å². The van der Waals surface area contributed by atoms with Crippen LogP contribution in [0.4, 0.5) is 0 Å². The molecule has 0 aliphatic rings. The number of hydrogen-bond acceptors (Lipinski definition) is 3. The Balaban J connectivity index is 2.92. The Kier molecular flexibility index (Phi) is 7.25. The number of carbonyl (C=O) groups is 1. The normalized spacial score (nSPS) is 14.0. The third kappa shape index (κ3) is 4.95. The summed E-state index contributed by atoms with van der Waals surface area (Å²) in [6.45, 7) is 5.73. The van der Waals surface area contributed by atoms with Crippen LogP contribution >= 0.6 is 22.9 Å². The van der Waals surface area contributed by atoms with E-state index in [1.807, 2.05) is 26.8 Å². The molecule has 0 aliphatic heterocycles. The molecule has 0 amide bonds. The topological polar surface area (TPSA) is 26.3 Å². The molecule has 0 bridgehead atoms. The standard InChI is InChI=1S/C18H19ClO2S/c1-6-8-9-13(5)14(7-2)21-18(20)17(12(3)4)15-10-11-16(19)22-15/h1-2,9-12,14,17H,8H2,3-5H3/b13-9+. The quantitative estimate of drug-likeness (QED) is 0.430. The van der Waals surface area contributed by atoms with E-state index in [0.29, 0.717) is 10.8 Å². The second kappa shape index (κ2) is 8.69. The molecule has 22 heavy (non-hydrogen) atoms. The first-order valence-corrected chi connectivity index (χ1v) is 8.12. The monoisotopic (exact) mass is 334 g/mol. The third-order valence-electron chi connectivity index (χ3n) is 3.16. The first-order chi connectivity index (χ1) is 10.4. The summed E-state index contributed by atoms with van der Waals surface area (Å²) in [6.07, 6.45) is 12.2. The van der Waals surface area contributed by atoms with Gasteiger partial charge in [0.05, 0.1) is 10.3 Å². The molecule has 0 aromatic carbocycles. The molecule has 2 unspecified atom stereocenters. The van der Waals surface area contributed by atoms with Gasteiger partial charge in [-0.2, -0.15) is 0 Å². The van der Waals surface area contributed by atoms with Gasteiger partial charge in [-0.05, 0) is 30.5 Å². The highest BCUT2D eigenvalue weighted by Crippen LogP contribution is 2.34. The Labute approximate surface area is 141 Å². The molecule has 2 nitrogen and oxygen atoms in total. The number of terminal acetylenes is 2. The number of thiophene rings is 1. The summed E-state index contributed by atoms with van der Waals surface area (Å²) in [5.74, 6) is 4.35. The summed E-state index contributed by atoms with van der Waals surface area (Å²) >= 11 is 7.34. The summed E-state index contributed by atoms with van der Waals surface area (Å²) in [5.41, 5.74) is 0.764. The van der Waals surface area contributed by atoms with Crippen molar-refractivity contribution in [3.05, 3.63) is 33.0 Å². The molecule has 0 N–H and O–H groups in total. The lowest BCUT2D eigenvalue weighted by molar-refractivity contribution is -0.148. The summed E-state index contributed by atoms with van der Waals surface area (Å²) in [7, 11) is 0. The van der Waals surface area contributed by atoms with Crippen molar-refractivity contribution in [2.45, 2.75) is 39.2 Å². The number of hydrogen-bond donors (Lipinski definition) is 0. The van der Waals surface area contributed by atoms with E-state index < -0.39 is 6.10 Å². The van der Waals surface area contributed by atoms with Crippen molar-refractivity contribution in [1.29, 1.82) is 0 Å². The van der Waals surface area contributed by atoms with Crippen molar-refractivity contribution in [2.75, 3.05) is 0 Å². The Hall–Kier alpha value is -1.68. The minimum Gasteiger partial charge on any atom is -0.444 e. The zero-order chi connectivity index (χ0) is 16.7. The van der Waals surface area contributed by atoms with E-state index >= 15 is 0 Å². The van der Waals surface area contributed by atoms with E-state index in [4.69, 9.17) is 29.2 Å². The molecule has 0 spiro atoms. The van der Waals surface area contributed by atoms with Gasteiger partial charge in [-0.25, -0.2) is 0 Å². The molecular formula is C18H19ClO2S. The van der Waals surface area contributed by atoms with Crippen LogP contribution in [0, 0.1) is 30.6 Å². The van der Waals surface area contributed by atoms with Crippen LogP contribution in [0.2, 0.25) is 4.34 Å². The average Bonchev–Trinajstić information content (AvgIpc) is 2.87. The Morgan fingerprint density at radius 3 is 2.59 bits per heavy atom. The van der Waals surface area contributed by atoms with Crippen LogP contribution in [0.3, 0.4) is 0 Å². The van der Waals surface area contributed by atoms with Crippen LogP contribution in [0.15, 0.2) is 23.8 Å². The van der Waals surface area contributed by atoms with Crippen molar-refractivity contribution in [2.24, 2.45) is 5.92 Å². The van der Waals surface area contributed by atoms with Gasteiger partial charge in [-0.3, -0.25) is 4.79 Å². The van der Waals surface area contributed by atoms with Crippen molar-refractivity contribution < 1.29 is 9.53 Å². The van der Waals surface area contributed by atoms with Crippen LogP contribution < -0.4 is 0 Å². The number of halogens is 1. The van der Waals surface area contributed by atoms with E-state index in [1.54, 1.807) is 12.1 Å². The first-order valence-electron chi connectivity index (χ1n) is 6.92. The van der Waals surface area contributed by atoms with E-state index in [0.717, 1.165) is 10.5 Å². The SMILES string of the molecule is C#CC/C=C(\C)C(C#C)OC(=O)C(c1ccc(Cl)s1)C(C)C. The summed E-state index contributed by atoms with van der Waals surface area (Å²) in [5, 5.41) is 0. The van der Waals surface area contributed by atoms with Crippen molar-refractivity contribution >= 4 is 28.9 Å². The second-order valence-corrected chi connectivity index (χ2v) is 6.95. The fraction of sp³-hybridized carbons (Fsp3) is 0.389. The Morgan fingerprint density at radius 1 is 1.45 bits per heavy atom. The molecule has 1 aromatic heterocycles. The minimum atomic E-state index is -0.697. The molecule has 0 fully saturated rings. The van der Waals surface area contributed by atoms with Crippen LogP contribution in [0.5, 0.6) is 0 Å². The first kappa shape index (κ1) is 18.4. The molecular weight excluding hydrogens is 316 g/mol. The number of rotatable bonds is 6. The highest BCUT2D eigenvalue weighted by Gasteiger charge is 2.29. The summed E-state index contributed by atoms with van der Waals surface area (Å²) < 4.78 is 6.14. The highest BCUT2D eigenvalue weighted by atomic mass is 35.5. The van der Waals surface area contributed by atoms with Crippen molar-refractivity contribution in [3.63, 3.8) is 0 Å². The number of ether oxygens (including phenoxy) is 1. The average molecular weight is 335 g/mol. The highest BCUT2D eigenvalue weighted by molar-refractivity contribution is 7.16. The molecule has 1 heterocycles. The second-order valence-electron chi connectivity index (χ2n) is 5.20. The fourth-order valence-electron chi connectivity index (χ4n) is 1.99. The van der Waals surface area contributed by atoms with E-state index in [-0.39, 0.29) is 17.8 Å². The molecule has 0 radical (unpaired) electrons. The zero-order valence-corrected chi connectivity index (χ0v) is 14.5. The van der Waals surface area contributed by atoms with Gasteiger partial charge in [-0.1, -0.05) is 37.4 Å². The third-order valence-corrected chi connectivity index (χ3v) is 4.48. The maximum absolute atomic E-state index is 12.5. The van der Waals surface area contributed by atoms with Crippen LogP contribution in [0.1, 0.15) is 38.0 Å². The molecule has 0 saturated carbocycles. The minimum absolute atomic E-state index is 0.0793. The molecule has 1 rings (SSSR count). The van der Waals surface area contributed by atoms with Gasteiger partial charge in [0.2, 0.25) is 0 Å². The van der Waals surface area contributed by atoms with E-state index in [9.17, 15) is 4.79 Å². The molecule has 4 heteroatoms. The Morgan fingerprint density at radius 2 is 2.14 bits per heavy atom. The molecule has 116 valence electrons. The lowest BCUT2D eigenvalue weighted by Crippen LogP contribution is -2.25. The number of allylic oxidation sites excluding steroid dienone is 1. The predicted octanol–water partition coefficient (Wildman–Crippen LogP) is 4.66. The van der Waals surface area contributed by atoms with Crippen LogP contribution in [-0.2, 0) is 9.53 Å². The van der Waals surface area contributed by atoms with Gasteiger partial charge in [0.1, 0.15) is 0 Å². The van der Waals surface area contributed by atoms with Gasteiger partial charge in [0.25, 0.3) is 0 Å². The maximum Gasteiger partial charge on any atom is 0.316 e. The predicted molar refractivity (Wildman–Crippen MR) is 92.8 cm³/mol. The van der Waals surface area contributed by atoms with Gasteiger partial charge in [0, 0.05) is 11.3 Å².